The van der Waals surface area contributed by atoms with E-state index in [0.717, 1.165) is 0 Å². The van der Waals surface area contributed by atoms with Gasteiger partial charge in [-0.05, 0) is 34.6 Å². The minimum absolute atomic E-state index is 0.00713. The molecule has 24 heavy (non-hydrogen) atoms. The fourth-order valence-electron chi connectivity index (χ4n) is 2.12. The van der Waals surface area contributed by atoms with Gasteiger partial charge in [0.05, 0.1) is 6.04 Å². The van der Waals surface area contributed by atoms with Crippen LogP contribution in [-0.4, -0.2) is 67.2 Å². The lowest BCUT2D eigenvalue weighted by Gasteiger charge is -2.40. The second kappa shape index (κ2) is 8.75. The number of carbonyl (C=O) groups is 2. The topological polar surface area (TPSA) is 95.1 Å². The molecular formula is C16H31N5O3. The molecule has 0 spiro atoms. The number of ether oxygens (including phenoxy) is 1. The first-order valence-corrected chi connectivity index (χ1v) is 8.35. The van der Waals surface area contributed by atoms with Gasteiger partial charge in [-0.15, -0.1) is 0 Å². The van der Waals surface area contributed by atoms with Gasteiger partial charge >= 0.3 is 6.09 Å². The first-order valence-electron chi connectivity index (χ1n) is 8.35. The largest absolute Gasteiger partial charge is 0.444 e. The minimum Gasteiger partial charge on any atom is -0.444 e. The Bertz CT molecular complexity index is 465. The molecule has 0 aliphatic carbocycles. The Kier molecular flexibility index (Phi) is 7.31. The van der Waals surface area contributed by atoms with Gasteiger partial charge in [0.15, 0.2) is 5.96 Å². The average Bonchev–Trinajstić information content (AvgIpc) is 2.36. The minimum atomic E-state index is -0.482. The van der Waals surface area contributed by atoms with Crippen LogP contribution in [0, 0.1) is 0 Å². The number of aliphatic imine (C=N–C) groups is 1. The molecule has 0 saturated carbocycles. The molecule has 1 rings (SSSR count). The zero-order valence-electron chi connectivity index (χ0n) is 15.6. The van der Waals surface area contributed by atoms with Gasteiger partial charge in [0.1, 0.15) is 5.60 Å². The van der Waals surface area contributed by atoms with Gasteiger partial charge in [-0.25, -0.2) is 4.79 Å². The number of hydrogen-bond acceptors (Lipinski definition) is 4. The van der Waals surface area contributed by atoms with Gasteiger partial charge in [-0.2, -0.15) is 0 Å². The fourth-order valence-corrected chi connectivity index (χ4v) is 2.12. The van der Waals surface area contributed by atoms with Crippen molar-refractivity contribution in [2.75, 3.05) is 26.7 Å². The molecular weight excluding hydrogens is 310 g/mol. The molecule has 0 radical (unpaired) electrons. The Labute approximate surface area is 144 Å². The zero-order valence-corrected chi connectivity index (χ0v) is 15.6. The number of amides is 2. The number of guanidine groups is 1. The third kappa shape index (κ3) is 7.52. The maximum Gasteiger partial charge on any atom is 0.410 e. The van der Waals surface area contributed by atoms with Crippen molar-refractivity contribution in [3.05, 3.63) is 0 Å². The predicted molar refractivity (Wildman–Crippen MR) is 94.0 cm³/mol. The van der Waals surface area contributed by atoms with Gasteiger partial charge in [0, 0.05) is 39.1 Å². The van der Waals surface area contributed by atoms with Crippen molar-refractivity contribution in [3.8, 4) is 0 Å². The molecule has 2 amide bonds. The van der Waals surface area contributed by atoms with E-state index in [2.05, 4.69) is 20.9 Å². The Balaban J connectivity index is 2.24. The van der Waals surface area contributed by atoms with Gasteiger partial charge in [0.25, 0.3) is 0 Å². The summed E-state index contributed by atoms with van der Waals surface area (Å²) in [5, 5.41) is 9.16. The van der Waals surface area contributed by atoms with Crippen LogP contribution in [0.4, 0.5) is 4.79 Å². The molecule has 1 aliphatic rings. The standard InChI is InChI=1S/C16H31N5O3/c1-11(2)19-13(22)7-8-18-14(17-6)20-12-9-21(10-12)15(23)24-16(3,4)5/h11-12H,7-10H2,1-6H3,(H,19,22)(H2,17,18,20). The van der Waals surface area contributed by atoms with Crippen LogP contribution in [0.2, 0.25) is 0 Å². The van der Waals surface area contributed by atoms with Crippen LogP contribution in [0.25, 0.3) is 0 Å². The summed E-state index contributed by atoms with van der Waals surface area (Å²) in [7, 11) is 1.67. The molecule has 138 valence electrons. The molecule has 8 nitrogen and oxygen atoms in total. The molecule has 0 aromatic heterocycles. The second-order valence-corrected chi connectivity index (χ2v) is 7.20. The van der Waals surface area contributed by atoms with E-state index in [1.165, 1.54) is 0 Å². The Morgan fingerprint density at radius 1 is 1.29 bits per heavy atom. The number of nitrogens with one attached hydrogen (secondary N) is 3. The highest BCUT2D eigenvalue weighted by Crippen LogP contribution is 2.15. The molecule has 1 heterocycles. The first kappa shape index (κ1) is 20.1. The van der Waals surface area contributed by atoms with Crippen LogP contribution >= 0.6 is 0 Å². The number of carbonyl (C=O) groups excluding carboxylic acids is 2. The van der Waals surface area contributed by atoms with E-state index < -0.39 is 5.60 Å². The summed E-state index contributed by atoms with van der Waals surface area (Å²) in [6, 6.07) is 0.275. The first-order chi connectivity index (χ1) is 11.1. The smallest absolute Gasteiger partial charge is 0.410 e. The number of nitrogens with zero attached hydrogens (tertiary/aromatic N) is 2. The lowest BCUT2D eigenvalue weighted by molar-refractivity contribution is -0.121. The molecule has 8 heteroatoms. The highest BCUT2D eigenvalue weighted by molar-refractivity contribution is 5.82. The van der Waals surface area contributed by atoms with Crippen LogP contribution < -0.4 is 16.0 Å². The van der Waals surface area contributed by atoms with Crippen molar-refractivity contribution < 1.29 is 14.3 Å². The molecule has 1 saturated heterocycles. The number of hydrogen-bond donors (Lipinski definition) is 3. The van der Waals surface area contributed by atoms with Crippen LogP contribution in [-0.2, 0) is 9.53 Å². The summed E-state index contributed by atoms with van der Waals surface area (Å²) in [5.41, 5.74) is -0.482. The molecule has 0 unspecified atom stereocenters. The molecule has 0 aromatic rings. The van der Waals surface area contributed by atoms with Gasteiger partial charge in [-0.3, -0.25) is 9.79 Å². The summed E-state index contributed by atoms with van der Waals surface area (Å²) >= 11 is 0. The molecule has 1 aliphatic heterocycles. The summed E-state index contributed by atoms with van der Waals surface area (Å²) in [6.45, 7) is 11.1. The van der Waals surface area contributed by atoms with E-state index >= 15 is 0 Å². The van der Waals surface area contributed by atoms with Gasteiger partial charge in [0.2, 0.25) is 5.91 Å². The third-order valence-electron chi connectivity index (χ3n) is 3.19. The average molecular weight is 341 g/mol. The summed E-state index contributed by atoms with van der Waals surface area (Å²) < 4.78 is 5.31. The van der Waals surface area contributed by atoms with E-state index in [9.17, 15) is 9.59 Å². The Morgan fingerprint density at radius 3 is 2.42 bits per heavy atom. The van der Waals surface area contributed by atoms with Crippen LogP contribution in [0.15, 0.2) is 4.99 Å². The predicted octanol–water partition coefficient (Wildman–Crippen LogP) is 0.685. The number of rotatable bonds is 5. The van der Waals surface area contributed by atoms with Crippen molar-refractivity contribution in [1.29, 1.82) is 0 Å². The van der Waals surface area contributed by atoms with Crippen LogP contribution in [0.5, 0.6) is 0 Å². The van der Waals surface area contributed by atoms with E-state index in [-0.39, 0.29) is 24.1 Å². The van der Waals surface area contributed by atoms with E-state index in [4.69, 9.17) is 4.74 Å². The van der Waals surface area contributed by atoms with Crippen molar-refractivity contribution in [2.24, 2.45) is 4.99 Å². The van der Waals surface area contributed by atoms with Crippen molar-refractivity contribution in [2.45, 2.75) is 58.7 Å². The Hall–Kier alpha value is -1.99. The van der Waals surface area contributed by atoms with E-state index in [0.29, 0.717) is 32.0 Å². The molecule has 3 N–H and O–H groups in total. The molecule has 1 fully saturated rings. The maximum atomic E-state index is 11.9. The van der Waals surface area contributed by atoms with Crippen LogP contribution in [0.3, 0.4) is 0 Å². The molecule has 0 atom stereocenters. The maximum absolute atomic E-state index is 11.9. The lowest BCUT2D eigenvalue weighted by atomic mass is 10.1. The quantitative estimate of drug-likeness (QED) is 0.505. The summed E-state index contributed by atoms with van der Waals surface area (Å²) in [6.07, 6.45) is 0.0852. The highest BCUT2D eigenvalue weighted by Gasteiger charge is 2.34. The third-order valence-corrected chi connectivity index (χ3v) is 3.19. The van der Waals surface area contributed by atoms with Crippen molar-refractivity contribution >= 4 is 18.0 Å². The zero-order chi connectivity index (χ0) is 18.3. The van der Waals surface area contributed by atoms with E-state index in [1.54, 1.807) is 11.9 Å². The fraction of sp³-hybridized carbons (Fsp3) is 0.812. The van der Waals surface area contributed by atoms with Gasteiger partial charge < -0.3 is 25.6 Å². The number of likely N-dealkylation sites (tertiary alicyclic amines) is 1. The highest BCUT2D eigenvalue weighted by atomic mass is 16.6. The normalized spacial score (nSPS) is 15.8. The lowest BCUT2D eigenvalue weighted by Crippen LogP contribution is -2.63. The van der Waals surface area contributed by atoms with Crippen molar-refractivity contribution in [3.63, 3.8) is 0 Å². The Morgan fingerprint density at radius 2 is 1.92 bits per heavy atom. The van der Waals surface area contributed by atoms with Gasteiger partial charge in [-0.1, -0.05) is 0 Å². The molecule has 0 aromatic carbocycles. The van der Waals surface area contributed by atoms with Crippen molar-refractivity contribution in [1.82, 2.24) is 20.9 Å². The van der Waals surface area contributed by atoms with E-state index in [1.807, 2.05) is 34.6 Å². The van der Waals surface area contributed by atoms with Crippen LogP contribution in [0.1, 0.15) is 41.0 Å². The summed E-state index contributed by atoms with van der Waals surface area (Å²) in [5.74, 6) is 0.633. The summed E-state index contributed by atoms with van der Waals surface area (Å²) in [4.78, 5) is 29.2. The SMILES string of the molecule is CN=C(NCCC(=O)NC(C)C)NC1CN(C(=O)OC(C)(C)C)C1. The second-order valence-electron chi connectivity index (χ2n) is 7.20. The monoisotopic (exact) mass is 341 g/mol. The molecule has 0 bridgehead atoms.